The first-order chi connectivity index (χ1) is 9.49. The standard InChI is InChI=1S/C13H20F2N2O2S/c1-9(2)12(18)17-6-5-16-7-10-3-4-11(19-10)8-20-13(14)15/h3-4,9,13,16H,5-8H2,1-2H3,(H,17,18). The van der Waals surface area contributed by atoms with Crippen molar-refractivity contribution in [2.75, 3.05) is 13.1 Å². The monoisotopic (exact) mass is 306 g/mol. The molecule has 0 aromatic carbocycles. The summed E-state index contributed by atoms with van der Waals surface area (Å²) in [6, 6.07) is 3.47. The second-order valence-corrected chi connectivity index (χ2v) is 5.54. The summed E-state index contributed by atoms with van der Waals surface area (Å²) >= 11 is 0.541. The second-order valence-electron chi connectivity index (χ2n) is 4.56. The largest absolute Gasteiger partial charge is 0.464 e. The molecular formula is C13H20F2N2O2S. The van der Waals surface area contributed by atoms with Crippen LogP contribution < -0.4 is 10.6 Å². The Balaban J connectivity index is 2.14. The SMILES string of the molecule is CC(C)C(=O)NCCNCc1ccc(CSC(F)F)o1. The maximum absolute atomic E-state index is 12.0. The lowest BCUT2D eigenvalue weighted by Gasteiger charge is -2.07. The third-order valence-corrected chi connectivity index (χ3v) is 3.20. The average molecular weight is 306 g/mol. The lowest BCUT2D eigenvalue weighted by molar-refractivity contribution is -0.123. The summed E-state index contributed by atoms with van der Waals surface area (Å²) in [5.74, 6) is -0.968. The van der Waals surface area contributed by atoms with Crippen LogP contribution in [-0.2, 0) is 17.1 Å². The van der Waals surface area contributed by atoms with E-state index in [9.17, 15) is 13.6 Å². The molecule has 1 rings (SSSR count). The number of nitrogens with one attached hydrogen (secondary N) is 2. The van der Waals surface area contributed by atoms with E-state index < -0.39 is 5.76 Å². The molecule has 0 unspecified atom stereocenters. The first-order valence-corrected chi connectivity index (χ1v) is 7.49. The first-order valence-electron chi connectivity index (χ1n) is 6.45. The number of amides is 1. The fourth-order valence-corrected chi connectivity index (χ4v) is 1.88. The average Bonchev–Trinajstić information content (AvgIpc) is 2.83. The van der Waals surface area contributed by atoms with Gasteiger partial charge in [-0.15, -0.1) is 0 Å². The summed E-state index contributed by atoms with van der Waals surface area (Å²) in [7, 11) is 0. The van der Waals surface area contributed by atoms with Crippen molar-refractivity contribution in [1.29, 1.82) is 0 Å². The van der Waals surface area contributed by atoms with Gasteiger partial charge in [0.05, 0.1) is 12.3 Å². The van der Waals surface area contributed by atoms with Crippen LogP contribution in [-0.4, -0.2) is 24.8 Å². The van der Waals surface area contributed by atoms with E-state index in [-0.39, 0.29) is 17.6 Å². The van der Waals surface area contributed by atoms with E-state index in [4.69, 9.17) is 4.42 Å². The molecule has 0 aliphatic heterocycles. The number of furan rings is 1. The summed E-state index contributed by atoms with van der Waals surface area (Å²) in [5.41, 5.74) is 0. The Morgan fingerprint density at radius 2 is 2.00 bits per heavy atom. The molecule has 1 aromatic rings. The van der Waals surface area contributed by atoms with Crippen LogP contribution in [0.1, 0.15) is 25.4 Å². The molecule has 0 spiro atoms. The highest BCUT2D eigenvalue weighted by atomic mass is 32.2. The number of carbonyl (C=O) groups excluding carboxylic acids is 1. The summed E-state index contributed by atoms with van der Waals surface area (Å²) in [6.45, 7) is 5.36. The predicted octanol–water partition coefficient (Wildman–Crippen LogP) is 2.60. The summed E-state index contributed by atoms with van der Waals surface area (Å²) in [6.07, 6.45) is 0. The number of hydrogen-bond acceptors (Lipinski definition) is 4. The van der Waals surface area contributed by atoms with Gasteiger partial charge in [-0.05, 0) is 12.1 Å². The molecule has 0 saturated carbocycles. The van der Waals surface area contributed by atoms with Crippen LogP contribution in [0.25, 0.3) is 0 Å². The number of carbonyl (C=O) groups is 1. The molecule has 0 aliphatic rings. The Labute approximate surface area is 121 Å². The Bertz CT molecular complexity index is 411. The normalized spacial score (nSPS) is 11.3. The molecule has 2 N–H and O–H groups in total. The zero-order valence-corrected chi connectivity index (χ0v) is 12.4. The number of thioether (sulfide) groups is 1. The maximum Gasteiger partial charge on any atom is 0.284 e. The number of hydrogen-bond donors (Lipinski definition) is 2. The van der Waals surface area contributed by atoms with Crippen LogP contribution in [0.3, 0.4) is 0 Å². The molecule has 114 valence electrons. The quantitative estimate of drug-likeness (QED) is 0.689. The van der Waals surface area contributed by atoms with E-state index in [1.165, 1.54) is 0 Å². The van der Waals surface area contributed by atoms with Gasteiger partial charge in [0.25, 0.3) is 5.76 Å². The lowest BCUT2D eigenvalue weighted by atomic mass is 10.2. The Morgan fingerprint density at radius 1 is 1.30 bits per heavy atom. The second kappa shape index (κ2) is 8.97. The van der Waals surface area contributed by atoms with Gasteiger partial charge in [-0.2, -0.15) is 8.78 Å². The van der Waals surface area contributed by atoms with Gasteiger partial charge in [0, 0.05) is 19.0 Å². The van der Waals surface area contributed by atoms with E-state index in [1.54, 1.807) is 12.1 Å². The lowest BCUT2D eigenvalue weighted by Crippen LogP contribution is -2.34. The van der Waals surface area contributed by atoms with Gasteiger partial charge in [-0.3, -0.25) is 4.79 Å². The fraction of sp³-hybridized carbons (Fsp3) is 0.615. The van der Waals surface area contributed by atoms with Gasteiger partial charge >= 0.3 is 0 Å². The van der Waals surface area contributed by atoms with Crippen LogP contribution in [0.4, 0.5) is 8.78 Å². The zero-order valence-electron chi connectivity index (χ0n) is 11.6. The smallest absolute Gasteiger partial charge is 0.284 e. The van der Waals surface area contributed by atoms with Gasteiger partial charge in [-0.25, -0.2) is 0 Å². The van der Waals surface area contributed by atoms with Crippen molar-refractivity contribution in [1.82, 2.24) is 10.6 Å². The van der Waals surface area contributed by atoms with Gasteiger partial charge in [0.1, 0.15) is 11.5 Å². The van der Waals surface area contributed by atoms with Crippen LogP contribution in [0.15, 0.2) is 16.5 Å². The van der Waals surface area contributed by atoms with E-state index >= 15 is 0 Å². The van der Waals surface area contributed by atoms with E-state index in [1.807, 2.05) is 13.8 Å². The molecule has 0 atom stereocenters. The Morgan fingerprint density at radius 3 is 2.65 bits per heavy atom. The summed E-state index contributed by atoms with van der Waals surface area (Å²) in [4.78, 5) is 11.3. The molecule has 1 amide bonds. The molecular weight excluding hydrogens is 286 g/mol. The van der Waals surface area contributed by atoms with Crippen molar-refractivity contribution >= 4 is 17.7 Å². The van der Waals surface area contributed by atoms with E-state index in [2.05, 4.69) is 10.6 Å². The highest BCUT2D eigenvalue weighted by molar-refractivity contribution is 7.98. The fourth-order valence-electron chi connectivity index (χ4n) is 1.43. The van der Waals surface area contributed by atoms with Crippen molar-refractivity contribution in [2.24, 2.45) is 5.92 Å². The number of halogens is 2. The topological polar surface area (TPSA) is 54.3 Å². The minimum absolute atomic E-state index is 0.0185. The van der Waals surface area contributed by atoms with Gasteiger partial charge in [0.2, 0.25) is 5.91 Å². The summed E-state index contributed by atoms with van der Waals surface area (Å²) < 4.78 is 29.4. The van der Waals surface area contributed by atoms with Crippen molar-refractivity contribution in [3.8, 4) is 0 Å². The van der Waals surface area contributed by atoms with Crippen LogP contribution in [0.5, 0.6) is 0 Å². The molecule has 20 heavy (non-hydrogen) atoms. The van der Waals surface area contributed by atoms with Crippen LogP contribution in [0.2, 0.25) is 0 Å². The van der Waals surface area contributed by atoms with Gasteiger partial charge in [-0.1, -0.05) is 25.6 Å². The first kappa shape index (κ1) is 17.0. The van der Waals surface area contributed by atoms with E-state index in [0.717, 1.165) is 0 Å². The minimum Gasteiger partial charge on any atom is -0.464 e. The van der Waals surface area contributed by atoms with Crippen molar-refractivity contribution in [3.63, 3.8) is 0 Å². The molecule has 1 aromatic heterocycles. The molecule has 0 aliphatic carbocycles. The van der Waals surface area contributed by atoms with Gasteiger partial charge in [0.15, 0.2) is 0 Å². The molecule has 4 nitrogen and oxygen atoms in total. The third kappa shape index (κ3) is 6.91. The molecule has 0 radical (unpaired) electrons. The molecule has 1 heterocycles. The Hall–Kier alpha value is -1.08. The predicted molar refractivity (Wildman–Crippen MR) is 75.6 cm³/mol. The molecule has 7 heteroatoms. The van der Waals surface area contributed by atoms with Crippen molar-refractivity contribution < 1.29 is 18.0 Å². The van der Waals surface area contributed by atoms with Crippen molar-refractivity contribution in [2.45, 2.75) is 31.9 Å². The number of rotatable bonds is 9. The summed E-state index contributed by atoms with van der Waals surface area (Å²) in [5, 5.41) is 5.90. The third-order valence-electron chi connectivity index (χ3n) is 2.49. The molecule has 0 saturated heterocycles. The molecule has 0 fully saturated rings. The van der Waals surface area contributed by atoms with Crippen LogP contribution in [0, 0.1) is 5.92 Å². The van der Waals surface area contributed by atoms with Crippen molar-refractivity contribution in [3.05, 3.63) is 23.7 Å². The zero-order chi connectivity index (χ0) is 15.0. The molecule has 0 bridgehead atoms. The number of alkyl halides is 2. The highest BCUT2D eigenvalue weighted by Gasteiger charge is 2.07. The van der Waals surface area contributed by atoms with Crippen LogP contribution >= 0.6 is 11.8 Å². The maximum atomic E-state index is 12.0. The van der Waals surface area contributed by atoms with Gasteiger partial charge < -0.3 is 15.1 Å². The highest BCUT2D eigenvalue weighted by Crippen LogP contribution is 2.21. The minimum atomic E-state index is -2.38. The van der Waals surface area contributed by atoms with E-state index in [0.29, 0.717) is 42.9 Å². The Kier molecular flexibility index (Phi) is 7.61.